The van der Waals surface area contributed by atoms with Gasteiger partial charge in [-0.1, -0.05) is 29.8 Å². The van der Waals surface area contributed by atoms with Crippen LogP contribution in [0.3, 0.4) is 0 Å². The first kappa shape index (κ1) is 18.3. The number of hydrogen-bond donors (Lipinski definition) is 2. The third kappa shape index (κ3) is 4.55. The molecule has 0 heterocycles. The molecule has 26 heavy (non-hydrogen) atoms. The molecule has 1 aliphatic rings. The number of carbonyl (C=O) groups is 2. The van der Waals surface area contributed by atoms with Crippen LogP contribution < -0.4 is 15.4 Å². The molecule has 2 N–H and O–H groups in total. The van der Waals surface area contributed by atoms with Crippen molar-refractivity contribution in [3.63, 3.8) is 0 Å². The Morgan fingerprint density at radius 3 is 2.50 bits per heavy atom. The lowest BCUT2D eigenvalue weighted by molar-refractivity contribution is -0.118. The maximum Gasteiger partial charge on any atom is 0.262 e. The molecule has 0 aromatic heterocycles. The van der Waals surface area contributed by atoms with Crippen molar-refractivity contribution in [3.8, 4) is 5.75 Å². The van der Waals surface area contributed by atoms with Crippen molar-refractivity contribution < 1.29 is 14.3 Å². The molecule has 1 aliphatic carbocycles. The molecule has 2 amide bonds. The third-order valence-electron chi connectivity index (χ3n) is 4.16. The third-order valence-corrected chi connectivity index (χ3v) is 4.49. The number of halogens is 1. The summed E-state index contributed by atoms with van der Waals surface area (Å²) in [6, 6.07) is 10.9. The standard InChI is InChI=1S/C20H21ClN2O3/c1-12-4-3-5-13(2)19(12)26-11-18(24)22-15-8-9-17(21)16(10-15)20(25)23-14-6-7-14/h3-5,8-10,14H,6-7,11H2,1-2H3,(H,22,24)(H,23,25). The highest BCUT2D eigenvalue weighted by molar-refractivity contribution is 6.34. The lowest BCUT2D eigenvalue weighted by Gasteiger charge is -2.13. The molecular formula is C20H21ClN2O3. The lowest BCUT2D eigenvalue weighted by Crippen LogP contribution is -2.26. The van der Waals surface area contributed by atoms with Gasteiger partial charge in [0.25, 0.3) is 11.8 Å². The van der Waals surface area contributed by atoms with E-state index < -0.39 is 0 Å². The Morgan fingerprint density at radius 1 is 1.15 bits per heavy atom. The summed E-state index contributed by atoms with van der Waals surface area (Å²) >= 11 is 6.11. The van der Waals surface area contributed by atoms with Crippen molar-refractivity contribution in [1.82, 2.24) is 5.32 Å². The molecule has 1 saturated carbocycles. The van der Waals surface area contributed by atoms with Crippen LogP contribution in [0.5, 0.6) is 5.75 Å². The normalized spacial score (nSPS) is 13.2. The second-order valence-electron chi connectivity index (χ2n) is 6.50. The Morgan fingerprint density at radius 2 is 1.85 bits per heavy atom. The van der Waals surface area contributed by atoms with Gasteiger partial charge in [0.05, 0.1) is 10.6 Å². The number of amides is 2. The quantitative estimate of drug-likeness (QED) is 0.808. The van der Waals surface area contributed by atoms with E-state index >= 15 is 0 Å². The van der Waals surface area contributed by atoms with Crippen molar-refractivity contribution in [2.45, 2.75) is 32.7 Å². The monoisotopic (exact) mass is 372 g/mol. The predicted octanol–water partition coefficient (Wildman–Crippen LogP) is 3.87. The molecule has 5 nitrogen and oxygen atoms in total. The van der Waals surface area contributed by atoms with E-state index in [9.17, 15) is 9.59 Å². The number of rotatable bonds is 6. The molecule has 0 unspecified atom stereocenters. The number of para-hydroxylation sites is 1. The summed E-state index contributed by atoms with van der Waals surface area (Å²) in [7, 11) is 0. The van der Waals surface area contributed by atoms with Gasteiger partial charge >= 0.3 is 0 Å². The van der Waals surface area contributed by atoms with Gasteiger partial charge in [0.15, 0.2) is 6.61 Å². The van der Waals surface area contributed by atoms with E-state index in [4.69, 9.17) is 16.3 Å². The number of nitrogens with one attached hydrogen (secondary N) is 2. The van der Waals surface area contributed by atoms with Gasteiger partial charge in [-0.05, 0) is 56.0 Å². The van der Waals surface area contributed by atoms with Crippen molar-refractivity contribution in [3.05, 3.63) is 58.1 Å². The van der Waals surface area contributed by atoms with Gasteiger partial charge in [0.2, 0.25) is 0 Å². The van der Waals surface area contributed by atoms with E-state index in [2.05, 4.69) is 10.6 Å². The smallest absolute Gasteiger partial charge is 0.262 e. The first-order valence-corrected chi connectivity index (χ1v) is 8.91. The molecule has 0 bridgehead atoms. The fourth-order valence-electron chi connectivity index (χ4n) is 2.63. The second-order valence-corrected chi connectivity index (χ2v) is 6.91. The molecule has 0 atom stereocenters. The highest BCUT2D eigenvalue weighted by atomic mass is 35.5. The van der Waals surface area contributed by atoms with Gasteiger partial charge in [0, 0.05) is 11.7 Å². The lowest BCUT2D eigenvalue weighted by atomic mass is 10.1. The molecule has 0 aliphatic heterocycles. The molecule has 2 aromatic rings. The van der Waals surface area contributed by atoms with E-state index in [-0.39, 0.29) is 24.5 Å². The van der Waals surface area contributed by atoms with Crippen LogP contribution in [0.1, 0.15) is 34.3 Å². The van der Waals surface area contributed by atoms with Gasteiger partial charge < -0.3 is 15.4 Å². The summed E-state index contributed by atoms with van der Waals surface area (Å²) in [5.41, 5.74) is 2.81. The van der Waals surface area contributed by atoms with Crippen molar-refractivity contribution in [1.29, 1.82) is 0 Å². The zero-order valence-electron chi connectivity index (χ0n) is 14.8. The Labute approximate surface area is 157 Å². The van der Waals surface area contributed by atoms with Crippen molar-refractivity contribution in [2.75, 3.05) is 11.9 Å². The van der Waals surface area contributed by atoms with E-state index in [1.807, 2.05) is 32.0 Å². The first-order valence-electron chi connectivity index (χ1n) is 8.53. The largest absolute Gasteiger partial charge is 0.483 e. The molecule has 0 saturated heterocycles. The molecular weight excluding hydrogens is 352 g/mol. The number of ether oxygens (including phenoxy) is 1. The van der Waals surface area contributed by atoms with Crippen LogP contribution in [-0.2, 0) is 4.79 Å². The average Bonchev–Trinajstić information content (AvgIpc) is 3.40. The Kier molecular flexibility index (Phi) is 5.47. The van der Waals surface area contributed by atoms with Crippen LogP contribution in [0.2, 0.25) is 5.02 Å². The van der Waals surface area contributed by atoms with E-state index in [0.29, 0.717) is 22.0 Å². The number of anilines is 1. The van der Waals surface area contributed by atoms with Crippen LogP contribution in [0.15, 0.2) is 36.4 Å². The number of aryl methyl sites for hydroxylation is 2. The van der Waals surface area contributed by atoms with Gasteiger partial charge in [0.1, 0.15) is 5.75 Å². The Bertz CT molecular complexity index is 827. The van der Waals surface area contributed by atoms with Gasteiger partial charge in [-0.3, -0.25) is 9.59 Å². The first-order chi connectivity index (χ1) is 12.4. The molecule has 136 valence electrons. The van der Waals surface area contributed by atoms with Crippen LogP contribution >= 0.6 is 11.6 Å². The summed E-state index contributed by atoms with van der Waals surface area (Å²) in [5, 5.41) is 5.98. The SMILES string of the molecule is Cc1cccc(C)c1OCC(=O)Nc1ccc(Cl)c(C(=O)NC2CC2)c1. The summed E-state index contributed by atoms with van der Waals surface area (Å²) in [6.07, 6.45) is 1.99. The zero-order chi connectivity index (χ0) is 18.7. The van der Waals surface area contributed by atoms with Gasteiger partial charge in [-0.15, -0.1) is 0 Å². The summed E-state index contributed by atoms with van der Waals surface area (Å²) in [6.45, 7) is 3.76. The Balaban J connectivity index is 1.62. The van der Waals surface area contributed by atoms with Crippen LogP contribution in [0.4, 0.5) is 5.69 Å². The highest BCUT2D eigenvalue weighted by Crippen LogP contribution is 2.24. The maximum atomic E-state index is 12.2. The molecule has 6 heteroatoms. The highest BCUT2D eigenvalue weighted by Gasteiger charge is 2.24. The maximum absolute atomic E-state index is 12.2. The summed E-state index contributed by atoms with van der Waals surface area (Å²) in [5.74, 6) is 0.187. The Hall–Kier alpha value is -2.53. The summed E-state index contributed by atoms with van der Waals surface area (Å²) < 4.78 is 5.65. The van der Waals surface area contributed by atoms with E-state index in [0.717, 1.165) is 24.0 Å². The minimum atomic E-state index is -0.302. The predicted molar refractivity (Wildman–Crippen MR) is 102 cm³/mol. The zero-order valence-corrected chi connectivity index (χ0v) is 15.5. The average molecular weight is 373 g/mol. The van der Waals surface area contributed by atoms with Crippen LogP contribution in [0, 0.1) is 13.8 Å². The molecule has 0 spiro atoms. The molecule has 1 fully saturated rings. The fraction of sp³-hybridized carbons (Fsp3) is 0.300. The van der Waals surface area contributed by atoms with Gasteiger partial charge in [-0.2, -0.15) is 0 Å². The second kappa shape index (κ2) is 7.79. The summed E-state index contributed by atoms with van der Waals surface area (Å²) in [4.78, 5) is 24.4. The minimum Gasteiger partial charge on any atom is -0.483 e. The van der Waals surface area contributed by atoms with Crippen LogP contribution in [0.25, 0.3) is 0 Å². The molecule has 3 rings (SSSR count). The molecule has 2 aromatic carbocycles. The number of hydrogen-bond acceptors (Lipinski definition) is 3. The minimum absolute atomic E-state index is 0.113. The van der Waals surface area contributed by atoms with Crippen LogP contribution in [-0.4, -0.2) is 24.5 Å². The molecule has 0 radical (unpaired) electrons. The topological polar surface area (TPSA) is 67.4 Å². The van der Waals surface area contributed by atoms with Crippen molar-refractivity contribution in [2.24, 2.45) is 0 Å². The van der Waals surface area contributed by atoms with Crippen molar-refractivity contribution >= 4 is 29.1 Å². The van der Waals surface area contributed by atoms with Gasteiger partial charge in [-0.25, -0.2) is 0 Å². The van der Waals surface area contributed by atoms with E-state index in [1.165, 1.54) is 0 Å². The van der Waals surface area contributed by atoms with E-state index in [1.54, 1.807) is 18.2 Å². The fourth-order valence-corrected chi connectivity index (χ4v) is 2.83. The number of carbonyl (C=O) groups excluding carboxylic acids is 2. The number of benzene rings is 2.